The van der Waals surface area contributed by atoms with Gasteiger partial charge in [-0.25, -0.2) is 13.2 Å². The predicted octanol–water partition coefficient (Wildman–Crippen LogP) is 3.43. The van der Waals surface area contributed by atoms with Crippen molar-refractivity contribution in [2.24, 2.45) is 5.92 Å². The molecule has 3 rings (SSSR count). The van der Waals surface area contributed by atoms with Crippen LogP contribution in [0.2, 0.25) is 0 Å². The van der Waals surface area contributed by atoms with Gasteiger partial charge in [0, 0.05) is 13.1 Å². The molecule has 0 atom stereocenters. The normalized spacial score (nSPS) is 16.2. The van der Waals surface area contributed by atoms with Crippen molar-refractivity contribution in [2.45, 2.75) is 31.1 Å². The summed E-state index contributed by atoms with van der Waals surface area (Å²) in [6.07, 6.45) is 2.70. The maximum atomic E-state index is 13.0. The standard InChI is InChI=1S/C21H25NO4S/c1-16-14-19(21(23)26-2)8-9-20(16)27(24,25)22-12-10-18(11-13-22)15-17-6-4-3-5-7-17/h3-9,14,18H,10-13,15H2,1-2H3. The van der Waals surface area contributed by atoms with Gasteiger partial charge in [-0.2, -0.15) is 4.31 Å². The number of carbonyl (C=O) groups excluding carboxylic acids is 1. The zero-order valence-corrected chi connectivity index (χ0v) is 16.5. The van der Waals surface area contributed by atoms with E-state index in [9.17, 15) is 13.2 Å². The molecule has 0 N–H and O–H groups in total. The van der Waals surface area contributed by atoms with Gasteiger partial charge in [0.15, 0.2) is 0 Å². The minimum absolute atomic E-state index is 0.261. The number of piperidine rings is 1. The van der Waals surface area contributed by atoms with Crippen molar-refractivity contribution in [3.63, 3.8) is 0 Å². The molecule has 2 aromatic rings. The number of benzene rings is 2. The number of nitrogens with zero attached hydrogens (tertiary/aromatic N) is 1. The highest BCUT2D eigenvalue weighted by atomic mass is 32.2. The Morgan fingerprint density at radius 1 is 1.11 bits per heavy atom. The summed E-state index contributed by atoms with van der Waals surface area (Å²) in [5.74, 6) is 0.0328. The summed E-state index contributed by atoms with van der Waals surface area (Å²) in [6.45, 7) is 2.76. The highest BCUT2D eigenvalue weighted by Gasteiger charge is 2.30. The van der Waals surface area contributed by atoms with Crippen LogP contribution in [0.1, 0.15) is 34.3 Å². The third kappa shape index (κ3) is 4.39. The van der Waals surface area contributed by atoms with Gasteiger partial charge >= 0.3 is 5.97 Å². The molecule has 1 saturated heterocycles. The topological polar surface area (TPSA) is 63.7 Å². The molecule has 1 aliphatic rings. The Morgan fingerprint density at radius 3 is 2.37 bits per heavy atom. The molecule has 1 heterocycles. The molecule has 144 valence electrons. The molecule has 27 heavy (non-hydrogen) atoms. The van der Waals surface area contributed by atoms with Crippen LogP contribution in [-0.4, -0.2) is 38.9 Å². The van der Waals surface area contributed by atoms with Crippen LogP contribution in [0.15, 0.2) is 53.4 Å². The SMILES string of the molecule is COC(=O)c1ccc(S(=O)(=O)N2CCC(Cc3ccccc3)CC2)c(C)c1. The lowest BCUT2D eigenvalue weighted by atomic mass is 9.91. The number of ether oxygens (including phenoxy) is 1. The van der Waals surface area contributed by atoms with E-state index in [0.717, 1.165) is 19.3 Å². The second-order valence-corrected chi connectivity index (χ2v) is 8.92. The first-order valence-electron chi connectivity index (χ1n) is 9.15. The van der Waals surface area contributed by atoms with Crippen LogP contribution >= 0.6 is 0 Å². The van der Waals surface area contributed by atoms with Gasteiger partial charge in [-0.3, -0.25) is 0 Å². The number of carbonyl (C=O) groups is 1. The van der Waals surface area contributed by atoms with Gasteiger partial charge in [-0.15, -0.1) is 0 Å². The quantitative estimate of drug-likeness (QED) is 0.738. The Hall–Kier alpha value is -2.18. The maximum absolute atomic E-state index is 13.0. The number of hydrogen-bond acceptors (Lipinski definition) is 4. The van der Waals surface area contributed by atoms with Crippen molar-refractivity contribution in [1.82, 2.24) is 4.31 Å². The van der Waals surface area contributed by atoms with Gasteiger partial charge in [0.1, 0.15) is 0 Å². The van der Waals surface area contributed by atoms with E-state index in [0.29, 0.717) is 30.1 Å². The molecule has 0 bridgehead atoms. The summed E-state index contributed by atoms with van der Waals surface area (Å²) in [7, 11) is -2.25. The number of esters is 1. The van der Waals surface area contributed by atoms with Crippen LogP contribution in [0, 0.1) is 12.8 Å². The Labute approximate surface area is 161 Å². The molecule has 5 nitrogen and oxygen atoms in total. The number of hydrogen-bond donors (Lipinski definition) is 0. The molecule has 0 spiro atoms. The van der Waals surface area contributed by atoms with Crippen molar-refractivity contribution in [1.29, 1.82) is 0 Å². The van der Waals surface area contributed by atoms with Crippen molar-refractivity contribution in [3.05, 3.63) is 65.2 Å². The summed E-state index contributed by atoms with van der Waals surface area (Å²) in [6, 6.07) is 14.9. The Kier molecular flexibility index (Phi) is 5.97. The maximum Gasteiger partial charge on any atom is 0.337 e. The second-order valence-electron chi connectivity index (χ2n) is 7.01. The zero-order chi connectivity index (χ0) is 19.4. The fourth-order valence-corrected chi connectivity index (χ4v) is 5.30. The molecule has 0 amide bonds. The fourth-order valence-electron chi connectivity index (χ4n) is 3.62. The number of sulfonamides is 1. The molecular formula is C21H25NO4S. The first-order valence-corrected chi connectivity index (χ1v) is 10.6. The van der Waals surface area contributed by atoms with Crippen LogP contribution in [0.3, 0.4) is 0 Å². The van der Waals surface area contributed by atoms with Gasteiger partial charge < -0.3 is 4.74 Å². The average Bonchev–Trinajstić information content (AvgIpc) is 2.68. The van der Waals surface area contributed by atoms with Crippen LogP contribution in [-0.2, 0) is 21.2 Å². The third-order valence-electron chi connectivity index (χ3n) is 5.15. The van der Waals surface area contributed by atoms with E-state index in [4.69, 9.17) is 4.74 Å². The van der Waals surface area contributed by atoms with Gasteiger partial charge in [0.2, 0.25) is 10.0 Å². The summed E-state index contributed by atoms with van der Waals surface area (Å²) in [4.78, 5) is 11.9. The Morgan fingerprint density at radius 2 is 1.78 bits per heavy atom. The van der Waals surface area contributed by atoms with Crippen molar-refractivity contribution in [3.8, 4) is 0 Å². The van der Waals surface area contributed by atoms with Crippen molar-refractivity contribution >= 4 is 16.0 Å². The van der Waals surface area contributed by atoms with Gasteiger partial charge in [-0.05, 0) is 61.4 Å². The molecular weight excluding hydrogens is 362 g/mol. The summed E-state index contributed by atoms with van der Waals surface area (Å²) in [5.41, 5.74) is 2.22. The Balaban J connectivity index is 1.69. The van der Waals surface area contributed by atoms with Crippen molar-refractivity contribution < 1.29 is 17.9 Å². The van der Waals surface area contributed by atoms with Gasteiger partial charge in [0.05, 0.1) is 17.6 Å². The molecule has 1 aliphatic heterocycles. The molecule has 0 aromatic heterocycles. The molecule has 0 radical (unpaired) electrons. The minimum Gasteiger partial charge on any atom is -0.465 e. The lowest BCUT2D eigenvalue weighted by Gasteiger charge is -2.31. The Bertz CT molecular complexity index is 901. The molecule has 6 heteroatoms. The number of aryl methyl sites for hydroxylation is 1. The third-order valence-corrected chi connectivity index (χ3v) is 7.21. The predicted molar refractivity (Wildman–Crippen MR) is 104 cm³/mol. The molecule has 0 aliphatic carbocycles. The van der Waals surface area contributed by atoms with E-state index in [-0.39, 0.29) is 4.90 Å². The van der Waals surface area contributed by atoms with Crippen LogP contribution in [0.5, 0.6) is 0 Å². The van der Waals surface area contributed by atoms with Gasteiger partial charge in [0.25, 0.3) is 0 Å². The van der Waals surface area contributed by atoms with E-state index in [1.54, 1.807) is 17.3 Å². The van der Waals surface area contributed by atoms with Crippen molar-refractivity contribution in [2.75, 3.05) is 20.2 Å². The average molecular weight is 388 g/mol. The van der Waals surface area contributed by atoms with E-state index >= 15 is 0 Å². The number of rotatable bonds is 5. The summed E-state index contributed by atoms with van der Waals surface area (Å²) >= 11 is 0. The highest BCUT2D eigenvalue weighted by Crippen LogP contribution is 2.28. The van der Waals surface area contributed by atoms with E-state index in [2.05, 4.69) is 12.1 Å². The minimum atomic E-state index is -3.56. The highest BCUT2D eigenvalue weighted by molar-refractivity contribution is 7.89. The smallest absolute Gasteiger partial charge is 0.337 e. The monoisotopic (exact) mass is 387 g/mol. The van der Waals surface area contributed by atoms with E-state index in [1.165, 1.54) is 24.8 Å². The van der Waals surface area contributed by atoms with Crippen LogP contribution in [0.25, 0.3) is 0 Å². The molecule has 1 fully saturated rings. The molecule has 0 saturated carbocycles. The zero-order valence-electron chi connectivity index (χ0n) is 15.7. The van der Waals surface area contributed by atoms with E-state index in [1.807, 2.05) is 18.2 Å². The first-order chi connectivity index (χ1) is 12.9. The van der Waals surface area contributed by atoms with E-state index < -0.39 is 16.0 Å². The lowest BCUT2D eigenvalue weighted by molar-refractivity contribution is 0.0600. The van der Waals surface area contributed by atoms with Crippen LogP contribution in [0.4, 0.5) is 0 Å². The number of methoxy groups -OCH3 is 1. The second kappa shape index (κ2) is 8.23. The molecule has 0 unspecified atom stereocenters. The summed E-state index contributed by atoms with van der Waals surface area (Å²) in [5, 5.41) is 0. The van der Waals surface area contributed by atoms with Crippen LogP contribution < -0.4 is 0 Å². The lowest BCUT2D eigenvalue weighted by Crippen LogP contribution is -2.39. The fraction of sp³-hybridized carbons (Fsp3) is 0.381. The molecule has 2 aromatic carbocycles. The largest absolute Gasteiger partial charge is 0.465 e. The first kappa shape index (κ1) is 19.6. The summed E-state index contributed by atoms with van der Waals surface area (Å²) < 4.78 is 32.3. The van der Waals surface area contributed by atoms with Gasteiger partial charge in [-0.1, -0.05) is 30.3 Å².